The van der Waals surface area contributed by atoms with Crippen molar-refractivity contribution in [1.82, 2.24) is 10.7 Å². The molecule has 0 bridgehead atoms. The zero-order valence-electron chi connectivity index (χ0n) is 19.3. The molecule has 4 rings (SSSR count). The summed E-state index contributed by atoms with van der Waals surface area (Å²) in [5, 5.41) is 7.37. The molecule has 0 radical (unpaired) electrons. The van der Waals surface area contributed by atoms with E-state index in [-0.39, 0.29) is 28.5 Å². The molecule has 0 unspecified atom stereocenters. The fourth-order valence-electron chi connectivity index (χ4n) is 3.22. The minimum atomic E-state index is -0.610. The van der Waals surface area contributed by atoms with E-state index in [0.29, 0.717) is 10.6 Å². The summed E-state index contributed by atoms with van der Waals surface area (Å²) in [4.78, 5) is 37.0. The average Bonchev–Trinajstić information content (AvgIpc) is 3.25. The van der Waals surface area contributed by atoms with Crippen LogP contribution in [0.2, 0.25) is 5.02 Å². The molecule has 1 aromatic heterocycles. The minimum absolute atomic E-state index is 0.186. The summed E-state index contributed by atoms with van der Waals surface area (Å²) in [6, 6.07) is 17.0. The quantitative estimate of drug-likeness (QED) is 0.145. The van der Waals surface area contributed by atoms with Crippen molar-refractivity contribution in [2.24, 2.45) is 5.10 Å². The van der Waals surface area contributed by atoms with Crippen molar-refractivity contribution >= 4 is 57.0 Å². The number of halogens is 2. The first-order valence-electron chi connectivity index (χ1n) is 10.8. The first-order valence-corrected chi connectivity index (χ1v) is 12.0. The summed E-state index contributed by atoms with van der Waals surface area (Å²) in [6.07, 6.45) is 1.36. The van der Waals surface area contributed by atoms with Gasteiger partial charge in [0.15, 0.2) is 11.5 Å². The van der Waals surface area contributed by atoms with E-state index in [1.54, 1.807) is 12.1 Å². The van der Waals surface area contributed by atoms with Crippen LogP contribution < -0.4 is 20.2 Å². The van der Waals surface area contributed by atoms with Crippen LogP contribution in [0.4, 0.5) is 4.39 Å². The lowest BCUT2D eigenvalue weighted by Crippen LogP contribution is -2.34. The van der Waals surface area contributed by atoms with Gasteiger partial charge in [-0.25, -0.2) is 14.6 Å². The van der Waals surface area contributed by atoms with Crippen molar-refractivity contribution in [2.75, 3.05) is 13.7 Å². The fraction of sp³-hybridized carbons (Fsp3) is 0.0769. The van der Waals surface area contributed by atoms with Crippen LogP contribution in [0.5, 0.6) is 11.5 Å². The third-order valence-electron chi connectivity index (χ3n) is 5.03. The molecule has 2 N–H and O–H groups in total. The van der Waals surface area contributed by atoms with Crippen LogP contribution in [-0.2, 0) is 4.79 Å². The Bertz CT molecular complexity index is 1500. The number of fused-ring (bicyclic) bond motifs is 1. The van der Waals surface area contributed by atoms with Crippen LogP contribution in [0.3, 0.4) is 0 Å². The van der Waals surface area contributed by atoms with Gasteiger partial charge in [0.2, 0.25) is 0 Å². The maximum absolute atomic E-state index is 12.9. The Hall–Kier alpha value is -4.28. The van der Waals surface area contributed by atoms with Gasteiger partial charge < -0.3 is 14.8 Å². The number of benzene rings is 3. The number of carbonyl (C=O) groups is 3. The van der Waals surface area contributed by atoms with Crippen LogP contribution in [-0.4, -0.2) is 37.7 Å². The SMILES string of the molecule is COc1cc(/C=N\NC(=O)CNC(=O)c2ccc(F)cc2)ccc1OC(=O)c1sc2ccccc2c1Cl. The highest BCUT2D eigenvalue weighted by atomic mass is 35.5. The van der Waals surface area contributed by atoms with Gasteiger partial charge in [-0.2, -0.15) is 5.10 Å². The van der Waals surface area contributed by atoms with E-state index in [4.69, 9.17) is 21.1 Å². The van der Waals surface area contributed by atoms with Crippen molar-refractivity contribution in [1.29, 1.82) is 0 Å². The van der Waals surface area contributed by atoms with Crippen LogP contribution in [0.25, 0.3) is 10.1 Å². The molecule has 37 heavy (non-hydrogen) atoms. The second kappa shape index (κ2) is 11.6. The molecule has 0 aliphatic heterocycles. The summed E-state index contributed by atoms with van der Waals surface area (Å²) >= 11 is 7.60. The number of nitrogens with zero attached hydrogens (tertiary/aromatic N) is 1. The van der Waals surface area contributed by atoms with Gasteiger partial charge in [-0.3, -0.25) is 9.59 Å². The van der Waals surface area contributed by atoms with Gasteiger partial charge in [-0.1, -0.05) is 29.8 Å². The molecule has 0 saturated carbocycles. The number of rotatable bonds is 8. The van der Waals surface area contributed by atoms with Gasteiger partial charge in [-0.05, 0) is 54.1 Å². The van der Waals surface area contributed by atoms with Crippen LogP contribution in [0.15, 0.2) is 71.8 Å². The number of thiophene rings is 1. The van der Waals surface area contributed by atoms with Gasteiger partial charge in [0.05, 0.1) is 24.9 Å². The van der Waals surface area contributed by atoms with Crippen molar-refractivity contribution in [3.8, 4) is 11.5 Å². The number of hydrazone groups is 1. The van der Waals surface area contributed by atoms with E-state index in [2.05, 4.69) is 15.8 Å². The molecule has 0 fully saturated rings. The van der Waals surface area contributed by atoms with Crippen molar-refractivity contribution in [3.05, 3.63) is 93.6 Å². The molecule has 0 atom stereocenters. The zero-order valence-corrected chi connectivity index (χ0v) is 20.9. The molecule has 11 heteroatoms. The largest absolute Gasteiger partial charge is 0.493 e. The van der Waals surface area contributed by atoms with E-state index < -0.39 is 23.6 Å². The van der Waals surface area contributed by atoms with E-state index in [9.17, 15) is 18.8 Å². The molecule has 188 valence electrons. The molecule has 0 aliphatic carbocycles. The number of amides is 2. The van der Waals surface area contributed by atoms with Crippen LogP contribution in [0.1, 0.15) is 25.6 Å². The van der Waals surface area contributed by atoms with Crippen molar-refractivity contribution < 1.29 is 28.2 Å². The summed E-state index contributed by atoms with van der Waals surface area (Å²) in [5.74, 6) is -1.71. The number of carbonyl (C=O) groups excluding carboxylic acids is 3. The first kappa shape index (κ1) is 25.8. The standard InChI is InChI=1S/C26H19ClFN3O5S/c1-35-20-12-15(13-30-31-22(32)14-29-25(33)16-7-9-17(28)10-8-16)6-11-19(20)36-26(34)24-23(27)18-4-2-3-5-21(18)37-24/h2-13H,14H2,1H3,(H,29,33)(H,31,32)/b30-13-. The normalized spacial score (nSPS) is 10.9. The maximum atomic E-state index is 12.9. The van der Waals surface area contributed by atoms with Crippen LogP contribution in [0, 0.1) is 5.82 Å². The molecular weight excluding hydrogens is 521 g/mol. The number of ether oxygens (including phenoxy) is 2. The smallest absolute Gasteiger partial charge is 0.355 e. The Kier molecular flexibility index (Phi) is 8.11. The Balaban J connectivity index is 1.34. The Labute approximate surface area is 219 Å². The van der Waals surface area contributed by atoms with Gasteiger partial charge in [0.1, 0.15) is 10.7 Å². The second-order valence-electron chi connectivity index (χ2n) is 7.52. The number of hydrogen-bond donors (Lipinski definition) is 2. The average molecular weight is 540 g/mol. The molecule has 0 saturated heterocycles. The predicted molar refractivity (Wildman–Crippen MR) is 139 cm³/mol. The molecule has 8 nitrogen and oxygen atoms in total. The van der Waals surface area contributed by atoms with Gasteiger partial charge in [0, 0.05) is 15.6 Å². The molecule has 2 amide bonds. The molecule has 4 aromatic rings. The fourth-order valence-corrected chi connectivity index (χ4v) is 4.61. The Morgan fingerprint density at radius 3 is 2.54 bits per heavy atom. The molecule has 0 aliphatic rings. The second-order valence-corrected chi connectivity index (χ2v) is 8.95. The lowest BCUT2D eigenvalue weighted by molar-refractivity contribution is -0.120. The highest BCUT2D eigenvalue weighted by molar-refractivity contribution is 7.21. The zero-order chi connectivity index (χ0) is 26.4. The molecule has 1 heterocycles. The number of hydrogen-bond acceptors (Lipinski definition) is 7. The Morgan fingerprint density at radius 1 is 1.05 bits per heavy atom. The number of methoxy groups -OCH3 is 1. The first-order chi connectivity index (χ1) is 17.9. The van der Waals surface area contributed by atoms with Crippen molar-refractivity contribution in [3.63, 3.8) is 0 Å². The summed E-state index contributed by atoms with van der Waals surface area (Å²) in [7, 11) is 1.42. The predicted octanol–water partition coefficient (Wildman–Crippen LogP) is 4.80. The van der Waals surface area contributed by atoms with E-state index >= 15 is 0 Å². The highest BCUT2D eigenvalue weighted by Crippen LogP contribution is 2.37. The number of esters is 1. The topological polar surface area (TPSA) is 106 Å². The Morgan fingerprint density at radius 2 is 1.81 bits per heavy atom. The van der Waals surface area contributed by atoms with Crippen LogP contribution >= 0.6 is 22.9 Å². The monoisotopic (exact) mass is 539 g/mol. The summed E-state index contributed by atoms with van der Waals surface area (Å²) in [6.45, 7) is -0.327. The molecule has 3 aromatic carbocycles. The molecule has 0 spiro atoms. The van der Waals surface area contributed by atoms with Gasteiger partial charge in [-0.15, -0.1) is 11.3 Å². The lowest BCUT2D eigenvalue weighted by atomic mass is 10.2. The summed E-state index contributed by atoms with van der Waals surface area (Å²) < 4.78 is 24.7. The van der Waals surface area contributed by atoms with E-state index in [1.165, 1.54) is 42.9 Å². The van der Waals surface area contributed by atoms with E-state index in [1.807, 2.05) is 24.3 Å². The molecular formula is C26H19ClFN3O5S. The maximum Gasteiger partial charge on any atom is 0.355 e. The third kappa shape index (κ3) is 6.29. The van der Waals surface area contributed by atoms with Crippen molar-refractivity contribution in [2.45, 2.75) is 0 Å². The van der Waals surface area contributed by atoms with Gasteiger partial charge in [0.25, 0.3) is 11.8 Å². The highest BCUT2D eigenvalue weighted by Gasteiger charge is 2.20. The minimum Gasteiger partial charge on any atom is -0.493 e. The van der Waals surface area contributed by atoms with E-state index in [0.717, 1.165) is 22.2 Å². The number of nitrogens with one attached hydrogen (secondary N) is 2. The van der Waals surface area contributed by atoms with Gasteiger partial charge >= 0.3 is 5.97 Å². The lowest BCUT2D eigenvalue weighted by Gasteiger charge is -2.09. The summed E-state index contributed by atoms with van der Waals surface area (Å²) in [5.41, 5.74) is 3.06. The third-order valence-corrected chi connectivity index (χ3v) is 6.68.